The van der Waals surface area contributed by atoms with Crippen LogP contribution in [-0.4, -0.2) is 60.0 Å². The lowest BCUT2D eigenvalue weighted by molar-refractivity contribution is -0.156. The van der Waals surface area contributed by atoms with Gasteiger partial charge in [-0.05, 0) is 102 Å². The van der Waals surface area contributed by atoms with E-state index < -0.39 is 29.9 Å². The molecule has 0 saturated carbocycles. The second-order valence-corrected chi connectivity index (χ2v) is 13.5. The summed E-state index contributed by atoms with van der Waals surface area (Å²) in [5.41, 5.74) is 4.31. The molecule has 1 unspecified atom stereocenters. The first kappa shape index (κ1) is 37.8. The van der Waals surface area contributed by atoms with Crippen LogP contribution in [0.25, 0.3) is 0 Å². The third-order valence-corrected chi connectivity index (χ3v) is 9.98. The Balaban J connectivity index is 1.24. The van der Waals surface area contributed by atoms with Gasteiger partial charge in [0.2, 0.25) is 5.91 Å². The lowest BCUT2D eigenvalue weighted by Crippen LogP contribution is -2.70. The quantitative estimate of drug-likeness (QED) is 0.112. The smallest absolute Gasteiger partial charge is 0.325 e. The fourth-order valence-electron chi connectivity index (χ4n) is 6.71. The number of nitrogens with one attached hydrogen (secondary N) is 2. The zero-order valence-electron chi connectivity index (χ0n) is 30.6. The molecule has 6 rings (SSSR count). The molecule has 1 saturated heterocycles. The fourth-order valence-corrected chi connectivity index (χ4v) is 6.91. The van der Waals surface area contributed by atoms with Crippen molar-refractivity contribution < 1.29 is 23.9 Å². The van der Waals surface area contributed by atoms with E-state index >= 15 is 0 Å². The number of likely N-dealkylation sites (N-methyl/N-ethyl adjacent to an activating group) is 1. The van der Waals surface area contributed by atoms with Gasteiger partial charge >= 0.3 is 6.03 Å². The summed E-state index contributed by atoms with van der Waals surface area (Å²) in [5.74, 6) is 0.528. The van der Waals surface area contributed by atoms with E-state index in [1.54, 1.807) is 64.1 Å². The Morgan fingerprint density at radius 2 is 1.54 bits per heavy atom. The number of pyridine rings is 2. The molecule has 2 N–H and O–H groups in total. The van der Waals surface area contributed by atoms with Crippen LogP contribution in [0.3, 0.4) is 0 Å². The van der Waals surface area contributed by atoms with E-state index in [4.69, 9.17) is 21.1 Å². The zero-order valence-corrected chi connectivity index (χ0v) is 31.4. The molecule has 3 aromatic carbocycles. The summed E-state index contributed by atoms with van der Waals surface area (Å²) in [7, 11) is 4.90. The molecule has 4 atom stereocenters. The van der Waals surface area contributed by atoms with Gasteiger partial charge in [-0.15, -0.1) is 0 Å². The van der Waals surface area contributed by atoms with Crippen LogP contribution in [-0.2, 0) is 22.4 Å². The summed E-state index contributed by atoms with van der Waals surface area (Å²) in [4.78, 5) is 53.1. The monoisotopic (exact) mass is 746 g/mol. The van der Waals surface area contributed by atoms with Gasteiger partial charge in [0.15, 0.2) is 0 Å². The van der Waals surface area contributed by atoms with Crippen LogP contribution in [0.1, 0.15) is 47.7 Å². The Labute approximate surface area is 320 Å². The molecule has 54 heavy (non-hydrogen) atoms. The lowest BCUT2D eigenvalue weighted by Gasteiger charge is -2.46. The van der Waals surface area contributed by atoms with Gasteiger partial charge < -0.3 is 25.0 Å². The number of benzene rings is 3. The van der Waals surface area contributed by atoms with Gasteiger partial charge in [-0.2, -0.15) is 0 Å². The molecule has 5 aromatic rings. The normalized spacial score (nSPS) is 16.1. The number of aromatic nitrogens is 2. The van der Waals surface area contributed by atoms with Gasteiger partial charge in [-0.1, -0.05) is 54.9 Å². The number of urea groups is 1. The largest absolute Gasteiger partial charge is 0.497 e. The highest BCUT2D eigenvalue weighted by Gasteiger charge is 2.55. The van der Waals surface area contributed by atoms with Crippen LogP contribution in [0.2, 0.25) is 5.02 Å². The Bertz CT molecular complexity index is 2060. The van der Waals surface area contributed by atoms with E-state index in [9.17, 15) is 14.4 Å². The predicted octanol–water partition coefficient (Wildman–Crippen LogP) is 7.44. The molecule has 1 fully saturated rings. The third kappa shape index (κ3) is 8.64. The van der Waals surface area contributed by atoms with Crippen LogP contribution >= 0.6 is 11.6 Å². The molecule has 3 heterocycles. The van der Waals surface area contributed by atoms with Crippen molar-refractivity contribution in [3.63, 3.8) is 0 Å². The number of likely N-dealkylation sites (tertiary alicyclic amines) is 1. The first-order valence-electron chi connectivity index (χ1n) is 17.7. The summed E-state index contributed by atoms with van der Waals surface area (Å²) in [5, 5.41) is 7.08. The summed E-state index contributed by atoms with van der Waals surface area (Å²) in [6, 6.07) is 27.9. The van der Waals surface area contributed by atoms with E-state index in [0.29, 0.717) is 29.4 Å². The van der Waals surface area contributed by atoms with Crippen molar-refractivity contribution in [3.05, 3.63) is 143 Å². The molecule has 1 aliphatic rings. The number of amides is 4. The number of hydrogen-bond acceptors (Lipinski definition) is 8. The molecule has 1 aliphatic heterocycles. The highest BCUT2D eigenvalue weighted by molar-refractivity contribution is 6.30. The second-order valence-electron chi connectivity index (χ2n) is 13.1. The molecule has 0 bridgehead atoms. The standard InChI is InChI=1S/C42H43ClN6O5/c1-5-36(30-7-6-8-31(43)26-30)47-42(52)49-39(41(51)48(2)32-18-20-44-21-19-32)35(40(49)50)23-28-17-22-45-38(25-28)46-37(29-11-15-34(54-4)16-12-29)24-27-9-13-33(53-3)14-10-27/h6-22,25-26,35-37,39H,5,23-24H2,1-4H3,(H,45,46)(H,47,52)/t35-,36-,37?,39+/m1/s1. The zero-order chi connectivity index (χ0) is 38.2. The van der Waals surface area contributed by atoms with Crippen LogP contribution in [0, 0.1) is 5.92 Å². The molecule has 0 spiro atoms. The molecule has 12 heteroatoms. The van der Waals surface area contributed by atoms with E-state index in [0.717, 1.165) is 38.7 Å². The minimum atomic E-state index is -1.04. The molecule has 0 radical (unpaired) electrons. The van der Waals surface area contributed by atoms with Gasteiger partial charge in [0.25, 0.3) is 5.91 Å². The fraction of sp³-hybridized carbons (Fsp3) is 0.262. The Morgan fingerprint density at radius 1 is 0.852 bits per heavy atom. The molecular weight excluding hydrogens is 704 g/mol. The number of carbonyl (C=O) groups excluding carboxylic acids is 3. The summed E-state index contributed by atoms with van der Waals surface area (Å²) < 4.78 is 10.7. The highest BCUT2D eigenvalue weighted by atomic mass is 35.5. The van der Waals surface area contributed by atoms with E-state index in [1.165, 1.54) is 4.90 Å². The minimum absolute atomic E-state index is 0.161. The van der Waals surface area contributed by atoms with Gasteiger partial charge in [0.1, 0.15) is 23.4 Å². The number of methoxy groups -OCH3 is 2. The van der Waals surface area contributed by atoms with Crippen molar-refractivity contribution in [2.45, 2.75) is 44.3 Å². The maximum absolute atomic E-state index is 14.2. The molecule has 4 amide bonds. The van der Waals surface area contributed by atoms with E-state index in [-0.39, 0.29) is 18.4 Å². The Kier molecular flexibility index (Phi) is 12.1. The first-order valence-corrected chi connectivity index (χ1v) is 18.1. The molecule has 0 aliphatic carbocycles. The number of halogens is 1. The van der Waals surface area contributed by atoms with Gasteiger partial charge in [0, 0.05) is 36.3 Å². The van der Waals surface area contributed by atoms with Crippen molar-refractivity contribution in [2.75, 3.05) is 31.5 Å². The Morgan fingerprint density at radius 3 is 2.19 bits per heavy atom. The average molecular weight is 747 g/mol. The van der Waals surface area contributed by atoms with Crippen LogP contribution < -0.4 is 25.0 Å². The number of β-lactam (4-membered cyclic amide) rings is 1. The maximum Gasteiger partial charge on any atom is 0.325 e. The third-order valence-electron chi connectivity index (χ3n) is 9.74. The lowest BCUT2D eigenvalue weighted by atomic mass is 9.81. The number of imide groups is 1. The number of carbonyl (C=O) groups is 3. The molecule has 2 aromatic heterocycles. The van der Waals surface area contributed by atoms with Crippen molar-refractivity contribution in [1.29, 1.82) is 0 Å². The summed E-state index contributed by atoms with van der Waals surface area (Å²) in [6.07, 6.45) is 6.28. The number of nitrogens with zero attached hydrogens (tertiary/aromatic N) is 4. The van der Waals surface area contributed by atoms with Crippen LogP contribution in [0.4, 0.5) is 16.3 Å². The summed E-state index contributed by atoms with van der Waals surface area (Å²) in [6.45, 7) is 1.93. The number of ether oxygens (including phenoxy) is 2. The molecule has 11 nitrogen and oxygen atoms in total. The Hall–Kier alpha value is -5.94. The summed E-state index contributed by atoms with van der Waals surface area (Å²) >= 11 is 6.24. The molecular formula is C42H43ClN6O5. The van der Waals surface area contributed by atoms with Crippen LogP contribution in [0.5, 0.6) is 11.5 Å². The molecule has 278 valence electrons. The van der Waals surface area contributed by atoms with Crippen molar-refractivity contribution in [2.24, 2.45) is 5.92 Å². The first-order chi connectivity index (χ1) is 26.2. The number of anilines is 2. The second kappa shape index (κ2) is 17.3. The number of rotatable bonds is 14. The highest BCUT2D eigenvalue weighted by Crippen LogP contribution is 2.34. The SMILES string of the molecule is CC[C@@H](NC(=O)N1C(=O)[C@H](Cc2ccnc(NC(Cc3ccc(OC)cc3)c3ccc(OC)cc3)c2)[C@H]1C(=O)N(C)c1ccncc1)c1cccc(Cl)c1. The maximum atomic E-state index is 14.2. The van der Waals surface area contributed by atoms with Gasteiger partial charge in [0.05, 0.1) is 32.2 Å². The number of hydrogen-bond donors (Lipinski definition) is 2. The van der Waals surface area contributed by atoms with Crippen molar-refractivity contribution in [3.8, 4) is 11.5 Å². The average Bonchev–Trinajstić information content (AvgIpc) is 3.20. The topological polar surface area (TPSA) is 126 Å². The van der Waals surface area contributed by atoms with Gasteiger partial charge in [-0.25, -0.2) is 9.78 Å². The minimum Gasteiger partial charge on any atom is -0.497 e. The van der Waals surface area contributed by atoms with Crippen molar-refractivity contribution >= 4 is 41.0 Å². The van der Waals surface area contributed by atoms with Crippen molar-refractivity contribution in [1.82, 2.24) is 20.2 Å². The van der Waals surface area contributed by atoms with E-state index in [1.807, 2.05) is 79.7 Å². The van der Waals surface area contributed by atoms with Gasteiger partial charge in [-0.3, -0.25) is 19.5 Å². The van der Waals surface area contributed by atoms with Crippen LogP contribution in [0.15, 0.2) is 116 Å². The predicted molar refractivity (Wildman–Crippen MR) is 209 cm³/mol. The van der Waals surface area contributed by atoms with E-state index in [2.05, 4.69) is 20.6 Å².